The van der Waals surface area contributed by atoms with Gasteiger partial charge in [-0.05, 0) is 57.8 Å². The summed E-state index contributed by atoms with van der Waals surface area (Å²) in [5.74, 6) is -2.41. The van der Waals surface area contributed by atoms with E-state index in [9.17, 15) is 19.2 Å². The third kappa shape index (κ3) is 27.2. The molecule has 2 amide bonds. The number of esters is 1. The van der Waals surface area contributed by atoms with Crippen LogP contribution in [0.2, 0.25) is 0 Å². The van der Waals surface area contributed by atoms with Gasteiger partial charge in [-0.3, -0.25) is 14.4 Å². The molecule has 9 heteroatoms. The number of unbranched alkanes of at least 4 members (excludes halogenated alkanes) is 15. The van der Waals surface area contributed by atoms with E-state index in [0.717, 1.165) is 64.2 Å². The quantitative estimate of drug-likeness (QED) is 0.0365. The molecule has 0 aliphatic rings. The van der Waals surface area contributed by atoms with Crippen LogP contribution in [0.3, 0.4) is 0 Å². The smallest absolute Gasteiger partial charge is 0.328 e. The number of aliphatic carboxylic acids is 1. The van der Waals surface area contributed by atoms with Crippen LogP contribution in [0.5, 0.6) is 0 Å². The first-order valence-corrected chi connectivity index (χ1v) is 17.6. The number of hydrogen-bond acceptors (Lipinski definition) is 6. The van der Waals surface area contributed by atoms with Gasteiger partial charge in [-0.2, -0.15) is 0 Å². The van der Waals surface area contributed by atoms with E-state index >= 15 is 0 Å². The number of allylic oxidation sites excluding steroid dienone is 2. The first kappa shape index (κ1) is 41.6. The number of rotatable bonds is 31. The fourth-order valence-corrected chi connectivity index (χ4v) is 4.99. The van der Waals surface area contributed by atoms with Crippen molar-refractivity contribution in [3.05, 3.63) is 12.2 Å². The number of carbonyl (C=O) groups is 4. The second-order valence-corrected chi connectivity index (χ2v) is 12.0. The number of aliphatic hydroxyl groups excluding tert-OH is 1. The SMILES string of the molecule is CCCCCCCCC/C=C\CCCCCCCC(=O)OC(CCCC)CCCCCC(=O)NCC(=O)NC(CO)C(=O)O. The molecule has 2 atom stereocenters. The van der Waals surface area contributed by atoms with Gasteiger partial charge in [-0.15, -0.1) is 0 Å². The fourth-order valence-electron chi connectivity index (χ4n) is 4.99. The molecule has 0 aromatic carbocycles. The molecule has 44 heavy (non-hydrogen) atoms. The van der Waals surface area contributed by atoms with E-state index in [1.54, 1.807) is 0 Å². The molecule has 0 fully saturated rings. The molecule has 0 bridgehead atoms. The van der Waals surface area contributed by atoms with Gasteiger partial charge in [0.1, 0.15) is 12.1 Å². The number of hydrogen-bond donors (Lipinski definition) is 4. The number of amides is 2. The summed E-state index contributed by atoms with van der Waals surface area (Å²) in [5.41, 5.74) is 0. The van der Waals surface area contributed by atoms with Crippen molar-refractivity contribution in [3.8, 4) is 0 Å². The Labute approximate surface area is 267 Å². The van der Waals surface area contributed by atoms with Crippen LogP contribution in [0.4, 0.5) is 0 Å². The van der Waals surface area contributed by atoms with E-state index < -0.39 is 24.5 Å². The zero-order valence-corrected chi connectivity index (χ0v) is 27.9. The summed E-state index contributed by atoms with van der Waals surface area (Å²) < 4.78 is 5.80. The zero-order valence-electron chi connectivity index (χ0n) is 27.9. The van der Waals surface area contributed by atoms with Crippen molar-refractivity contribution in [1.82, 2.24) is 10.6 Å². The Bertz CT molecular complexity index is 772. The predicted octanol–water partition coefficient (Wildman–Crippen LogP) is 7.14. The lowest BCUT2D eigenvalue weighted by molar-refractivity contribution is -0.150. The standard InChI is InChI=1S/C35H64N2O7/c1-3-5-7-8-9-10-11-12-13-14-15-16-17-18-19-23-27-34(41)44-30(24-6-4-2)25-21-20-22-26-32(39)36-28-33(40)37-31(29-38)35(42)43/h13-14,30-31,38H,3-12,15-29H2,1-2H3,(H,36,39)(H,37,40)(H,42,43)/b14-13-. The van der Waals surface area contributed by atoms with Gasteiger partial charge in [0.2, 0.25) is 11.8 Å². The molecular weight excluding hydrogens is 560 g/mol. The highest BCUT2D eigenvalue weighted by molar-refractivity contribution is 5.87. The highest BCUT2D eigenvalue weighted by atomic mass is 16.5. The molecule has 4 N–H and O–H groups in total. The molecule has 9 nitrogen and oxygen atoms in total. The van der Waals surface area contributed by atoms with Crippen LogP contribution < -0.4 is 10.6 Å². The zero-order chi connectivity index (χ0) is 32.7. The summed E-state index contributed by atoms with van der Waals surface area (Å²) in [4.78, 5) is 47.0. The van der Waals surface area contributed by atoms with Gasteiger partial charge in [-0.25, -0.2) is 4.79 Å². The van der Waals surface area contributed by atoms with Crippen molar-refractivity contribution >= 4 is 23.8 Å². The van der Waals surface area contributed by atoms with Crippen molar-refractivity contribution in [2.75, 3.05) is 13.2 Å². The third-order valence-corrected chi connectivity index (χ3v) is 7.76. The normalized spacial score (nSPS) is 12.6. The van der Waals surface area contributed by atoms with E-state index in [0.29, 0.717) is 12.8 Å². The Hall–Kier alpha value is -2.42. The van der Waals surface area contributed by atoms with E-state index in [2.05, 4.69) is 36.6 Å². The minimum atomic E-state index is -1.39. The van der Waals surface area contributed by atoms with Crippen LogP contribution in [0, 0.1) is 0 Å². The second kappa shape index (κ2) is 30.6. The first-order valence-electron chi connectivity index (χ1n) is 17.6. The molecular formula is C35H64N2O7. The van der Waals surface area contributed by atoms with Gasteiger partial charge in [0, 0.05) is 12.8 Å². The first-order chi connectivity index (χ1) is 21.3. The van der Waals surface area contributed by atoms with Crippen LogP contribution >= 0.6 is 0 Å². The molecule has 0 radical (unpaired) electrons. The van der Waals surface area contributed by atoms with E-state index in [4.69, 9.17) is 14.9 Å². The summed E-state index contributed by atoms with van der Waals surface area (Å²) in [6, 6.07) is -1.39. The van der Waals surface area contributed by atoms with Crippen LogP contribution in [-0.2, 0) is 23.9 Å². The minimum absolute atomic E-state index is 0.0819. The topological polar surface area (TPSA) is 142 Å². The summed E-state index contributed by atoms with van der Waals surface area (Å²) in [7, 11) is 0. The van der Waals surface area contributed by atoms with Gasteiger partial charge >= 0.3 is 11.9 Å². The van der Waals surface area contributed by atoms with Gasteiger partial charge in [0.25, 0.3) is 0 Å². The van der Waals surface area contributed by atoms with Crippen LogP contribution in [0.25, 0.3) is 0 Å². The Kier molecular flexibility index (Phi) is 28.9. The number of carboxylic acid groups (broad SMARTS) is 1. The molecule has 0 aliphatic carbocycles. The van der Waals surface area contributed by atoms with Crippen molar-refractivity contribution in [3.63, 3.8) is 0 Å². The summed E-state index contributed by atoms with van der Waals surface area (Å²) >= 11 is 0. The third-order valence-electron chi connectivity index (χ3n) is 7.76. The summed E-state index contributed by atoms with van der Waals surface area (Å²) in [6.07, 6.45) is 28.7. The monoisotopic (exact) mass is 624 g/mol. The largest absolute Gasteiger partial charge is 0.480 e. The molecule has 0 aromatic rings. The van der Waals surface area contributed by atoms with Gasteiger partial charge in [0.05, 0.1) is 13.2 Å². The maximum atomic E-state index is 12.4. The second-order valence-electron chi connectivity index (χ2n) is 12.0. The maximum Gasteiger partial charge on any atom is 0.328 e. The maximum absolute atomic E-state index is 12.4. The summed E-state index contributed by atoms with van der Waals surface area (Å²) in [6.45, 7) is 3.32. The molecule has 0 heterocycles. The number of carbonyl (C=O) groups excluding carboxylic acids is 3. The molecule has 0 saturated heterocycles. The molecule has 2 unspecified atom stereocenters. The highest BCUT2D eigenvalue weighted by Crippen LogP contribution is 2.16. The Morgan fingerprint density at radius 3 is 1.77 bits per heavy atom. The molecule has 0 spiro atoms. The average molecular weight is 625 g/mol. The molecule has 256 valence electrons. The summed E-state index contributed by atoms with van der Waals surface area (Å²) in [5, 5.41) is 22.4. The number of aliphatic hydroxyl groups is 1. The number of ether oxygens (including phenoxy) is 1. The molecule has 0 aromatic heterocycles. The van der Waals surface area contributed by atoms with Gasteiger partial charge in [-0.1, -0.05) is 103 Å². The van der Waals surface area contributed by atoms with Gasteiger partial charge < -0.3 is 25.6 Å². The lowest BCUT2D eigenvalue weighted by Crippen LogP contribution is -2.47. The van der Waals surface area contributed by atoms with Crippen LogP contribution in [-0.4, -0.2) is 59.3 Å². The Morgan fingerprint density at radius 2 is 1.18 bits per heavy atom. The van der Waals surface area contributed by atoms with E-state index in [-0.39, 0.29) is 30.9 Å². The lowest BCUT2D eigenvalue weighted by atomic mass is 10.0. The Morgan fingerprint density at radius 1 is 0.659 bits per heavy atom. The fraction of sp³-hybridized carbons (Fsp3) is 0.829. The molecule has 0 saturated carbocycles. The van der Waals surface area contributed by atoms with Crippen molar-refractivity contribution in [1.29, 1.82) is 0 Å². The molecule has 0 aliphatic heterocycles. The predicted molar refractivity (Wildman–Crippen MR) is 176 cm³/mol. The van der Waals surface area contributed by atoms with Crippen LogP contribution in [0.1, 0.15) is 162 Å². The van der Waals surface area contributed by atoms with Crippen LogP contribution in [0.15, 0.2) is 12.2 Å². The Balaban J connectivity index is 3.89. The lowest BCUT2D eigenvalue weighted by Gasteiger charge is -2.18. The number of carboxylic acids is 1. The van der Waals surface area contributed by atoms with Gasteiger partial charge in [0.15, 0.2) is 0 Å². The van der Waals surface area contributed by atoms with E-state index in [1.807, 2.05) is 0 Å². The highest BCUT2D eigenvalue weighted by Gasteiger charge is 2.19. The van der Waals surface area contributed by atoms with Crippen molar-refractivity contribution < 1.29 is 34.1 Å². The number of nitrogens with one attached hydrogen (secondary N) is 2. The average Bonchev–Trinajstić information content (AvgIpc) is 3.00. The minimum Gasteiger partial charge on any atom is -0.480 e. The molecule has 0 rings (SSSR count). The van der Waals surface area contributed by atoms with Crippen molar-refractivity contribution in [2.45, 2.75) is 174 Å². The van der Waals surface area contributed by atoms with Crippen molar-refractivity contribution in [2.24, 2.45) is 0 Å². The van der Waals surface area contributed by atoms with E-state index in [1.165, 1.54) is 64.2 Å².